The molecule has 1 rings (SSSR count). The predicted molar refractivity (Wildman–Crippen MR) is 44.9 cm³/mol. The first-order valence-corrected chi connectivity index (χ1v) is 2.87. The Hall–Kier alpha value is -1.16. The van der Waals surface area contributed by atoms with Gasteiger partial charge in [0, 0.05) is 12.6 Å². The second-order valence-corrected chi connectivity index (χ2v) is 1.90. The lowest BCUT2D eigenvalue weighted by molar-refractivity contribution is 1.06. The largest absolute Gasteiger partial charge is 0.387 e. The molecule has 1 aromatic heterocycles. The lowest BCUT2D eigenvalue weighted by Crippen LogP contribution is -2.13. The number of aromatic nitrogens is 2. The van der Waals surface area contributed by atoms with E-state index in [9.17, 15) is 0 Å². The standard InChI is InChI=1S/C6H8N4.ClH/c7-6(8)3-5-1-2-9-4-10-5;/h1-2,4H,3H2,(H3,7,8);1H. The summed E-state index contributed by atoms with van der Waals surface area (Å²) >= 11 is 0. The molecule has 0 amide bonds. The third-order valence-corrected chi connectivity index (χ3v) is 1.01. The van der Waals surface area contributed by atoms with Crippen LogP contribution in [0.2, 0.25) is 0 Å². The highest BCUT2D eigenvalue weighted by atomic mass is 35.5. The van der Waals surface area contributed by atoms with E-state index >= 15 is 0 Å². The second-order valence-electron chi connectivity index (χ2n) is 1.90. The molecule has 11 heavy (non-hydrogen) atoms. The van der Waals surface area contributed by atoms with Gasteiger partial charge < -0.3 is 5.73 Å². The van der Waals surface area contributed by atoms with E-state index in [4.69, 9.17) is 11.1 Å². The van der Waals surface area contributed by atoms with Crippen molar-refractivity contribution < 1.29 is 0 Å². The molecule has 3 N–H and O–H groups in total. The van der Waals surface area contributed by atoms with Crippen molar-refractivity contribution in [2.24, 2.45) is 5.73 Å². The Morgan fingerprint density at radius 2 is 2.36 bits per heavy atom. The summed E-state index contributed by atoms with van der Waals surface area (Å²) < 4.78 is 0. The van der Waals surface area contributed by atoms with Crippen LogP contribution in [-0.2, 0) is 6.42 Å². The Morgan fingerprint density at radius 1 is 1.64 bits per heavy atom. The molecule has 0 atom stereocenters. The van der Waals surface area contributed by atoms with Crippen LogP contribution in [-0.4, -0.2) is 15.8 Å². The van der Waals surface area contributed by atoms with E-state index < -0.39 is 0 Å². The Morgan fingerprint density at radius 3 is 2.82 bits per heavy atom. The van der Waals surface area contributed by atoms with Crippen LogP contribution in [0.5, 0.6) is 0 Å². The molecule has 60 valence electrons. The molecular weight excluding hydrogens is 164 g/mol. The summed E-state index contributed by atoms with van der Waals surface area (Å²) in [6, 6.07) is 1.74. The number of nitrogens with two attached hydrogens (primary N) is 1. The van der Waals surface area contributed by atoms with Gasteiger partial charge >= 0.3 is 0 Å². The highest BCUT2D eigenvalue weighted by molar-refractivity contribution is 5.85. The van der Waals surface area contributed by atoms with Gasteiger partial charge in [0.2, 0.25) is 0 Å². The molecule has 0 aromatic carbocycles. The van der Waals surface area contributed by atoms with Gasteiger partial charge in [-0.2, -0.15) is 0 Å². The maximum atomic E-state index is 6.95. The van der Waals surface area contributed by atoms with Gasteiger partial charge in [0.05, 0.1) is 11.5 Å². The first-order valence-electron chi connectivity index (χ1n) is 2.87. The lowest BCUT2D eigenvalue weighted by Gasteiger charge is -1.94. The molecule has 0 aliphatic heterocycles. The average molecular weight is 173 g/mol. The Bertz CT molecular complexity index is 223. The molecule has 0 fully saturated rings. The van der Waals surface area contributed by atoms with Crippen LogP contribution in [0.15, 0.2) is 18.6 Å². The van der Waals surface area contributed by atoms with Crippen molar-refractivity contribution in [2.45, 2.75) is 6.42 Å². The molecule has 4 nitrogen and oxygen atoms in total. The average Bonchev–Trinajstić information content (AvgIpc) is 1.88. The van der Waals surface area contributed by atoms with Gasteiger partial charge in [-0.1, -0.05) is 0 Å². The van der Waals surface area contributed by atoms with E-state index in [1.54, 1.807) is 12.3 Å². The SMILES string of the molecule is Cl.N=C(N)Cc1ccncn1. The summed E-state index contributed by atoms with van der Waals surface area (Å²) in [5.41, 5.74) is 5.93. The third-order valence-electron chi connectivity index (χ3n) is 1.01. The molecule has 0 aliphatic rings. The van der Waals surface area contributed by atoms with Crippen molar-refractivity contribution >= 4 is 18.2 Å². The van der Waals surface area contributed by atoms with Gasteiger partial charge in [0.25, 0.3) is 0 Å². The number of nitrogens with one attached hydrogen (secondary N) is 1. The van der Waals surface area contributed by atoms with Crippen molar-refractivity contribution in [1.29, 1.82) is 5.41 Å². The maximum absolute atomic E-state index is 6.95. The fourth-order valence-electron chi connectivity index (χ4n) is 0.618. The van der Waals surface area contributed by atoms with Crippen LogP contribution in [0.4, 0.5) is 0 Å². The third kappa shape index (κ3) is 3.52. The fourth-order valence-corrected chi connectivity index (χ4v) is 0.618. The maximum Gasteiger partial charge on any atom is 0.115 e. The highest BCUT2D eigenvalue weighted by Gasteiger charge is 1.93. The summed E-state index contributed by atoms with van der Waals surface area (Å²) in [4.78, 5) is 7.62. The number of nitrogens with zero attached hydrogens (tertiary/aromatic N) is 2. The minimum atomic E-state index is 0. The van der Waals surface area contributed by atoms with Crippen molar-refractivity contribution in [3.05, 3.63) is 24.3 Å². The van der Waals surface area contributed by atoms with Gasteiger partial charge in [-0.25, -0.2) is 9.97 Å². The number of rotatable bonds is 2. The normalized spacial score (nSPS) is 8.36. The van der Waals surface area contributed by atoms with Crippen molar-refractivity contribution in [3.63, 3.8) is 0 Å². The van der Waals surface area contributed by atoms with E-state index in [-0.39, 0.29) is 18.2 Å². The van der Waals surface area contributed by atoms with Crippen LogP contribution in [0, 0.1) is 5.41 Å². The lowest BCUT2D eigenvalue weighted by atomic mass is 10.3. The topological polar surface area (TPSA) is 75.7 Å². The second kappa shape index (κ2) is 4.62. The van der Waals surface area contributed by atoms with Crippen molar-refractivity contribution in [3.8, 4) is 0 Å². The van der Waals surface area contributed by atoms with Gasteiger partial charge in [0.1, 0.15) is 6.33 Å². The van der Waals surface area contributed by atoms with Gasteiger partial charge in [-0.3, -0.25) is 5.41 Å². The Balaban J connectivity index is 0.000001000. The molecule has 0 radical (unpaired) electrons. The first kappa shape index (κ1) is 9.84. The smallest absolute Gasteiger partial charge is 0.115 e. The number of halogens is 1. The quantitative estimate of drug-likeness (QED) is 0.500. The zero-order chi connectivity index (χ0) is 7.40. The molecule has 0 unspecified atom stereocenters. The van der Waals surface area contributed by atoms with Gasteiger partial charge in [0.15, 0.2) is 0 Å². The Labute approximate surface area is 70.8 Å². The molecular formula is C6H9ClN4. The molecule has 1 heterocycles. The molecule has 1 aromatic rings. The number of amidine groups is 1. The fraction of sp³-hybridized carbons (Fsp3) is 0.167. The van der Waals surface area contributed by atoms with E-state index in [1.807, 2.05) is 0 Å². The summed E-state index contributed by atoms with van der Waals surface area (Å²) in [6.45, 7) is 0. The molecule has 0 aliphatic carbocycles. The highest BCUT2D eigenvalue weighted by Crippen LogP contribution is 1.90. The van der Waals surface area contributed by atoms with Crippen LogP contribution < -0.4 is 5.73 Å². The van der Waals surface area contributed by atoms with Crippen molar-refractivity contribution in [1.82, 2.24) is 9.97 Å². The molecule has 0 saturated heterocycles. The zero-order valence-corrected chi connectivity index (χ0v) is 6.64. The van der Waals surface area contributed by atoms with E-state index in [1.165, 1.54) is 6.33 Å². The zero-order valence-electron chi connectivity index (χ0n) is 5.82. The van der Waals surface area contributed by atoms with Crippen LogP contribution in [0.3, 0.4) is 0 Å². The molecule has 0 spiro atoms. The molecule has 5 heteroatoms. The van der Waals surface area contributed by atoms with Crippen LogP contribution in [0.25, 0.3) is 0 Å². The minimum Gasteiger partial charge on any atom is -0.387 e. The summed E-state index contributed by atoms with van der Waals surface area (Å²) in [5, 5.41) is 6.95. The molecule has 0 saturated carbocycles. The van der Waals surface area contributed by atoms with E-state index in [0.717, 1.165) is 5.69 Å². The summed E-state index contributed by atoms with van der Waals surface area (Å²) in [5.74, 6) is 0.124. The minimum absolute atomic E-state index is 0. The van der Waals surface area contributed by atoms with Crippen LogP contribution in [0.1, 0.15) is 5.69 Å². The first-order chi connectivity index (χ1) is 4.79. The van der Waals surface area contributed by atoms with Crippen molar-refractivity contribution in [2.75, 3.05) is 0 Å². The summed E-state index contributed by atoms with van der Waals surface area (Å²) in [7, 11) is 0. The van der Waals surface area contributed by atoms with Gasteiger partial charge in [-0.15, -0.1) is 12.4 Å². The Kier molecular flexibility index (Phi) is 4.14. The van der Waals surface area contributed by atoms with Crippen LogP contribution >= 0.6 is 12.4 Å². The number of hydrogen-bond donors (Lipinski definition) is 2. The monoisotopic (exact) mass is 172 g/mol. The van der Waals surface area contributed by atoms with E-state index in [0.29, 0.717) is 6.42 Å². The number of hydrogen-bond acceptors (Lipinski definition) is 3. The van der Waals surface area contributed by atoms with Gasteiger partial charge in [-0.05, 0) is 6.07 Å². The predicted octanol–water partition coefficient (Wildman–Crippen LogP) is 0.377. The van der Waals surface area contributed by atoms with E-state index in [2.05, 4.69) is 9.97 Å². The summed E-state index contributed by atoms with van der Waals surface area (Å²) in [6.07, 6.45) is 3.48. The molecule has 0 bridgehead atoms.